The van der Waals surface area contributed by atoms with Crippen molar-refractivity contribution in [1.82, 2.24) is 4.90 Å². The molecule has 0 aliphatic carbocycles. The largest absolute Gasteiger partial charge is 0.480 e. The fraction of sp³-hybridized carbons (Fsp3) is 0.923. The summed E-state index contributed by atoms with van der Waals surface area (Å²) >= 11 is 0. The van der Waals surface area contributed by atoms with Gasteiger partial charge >= 0.3 is 5.97 Å². The second-order valence-electron chi connectivity index (χ2n) is 4.71. The lowest BCUT2D eigenvalue weighted by Crippen LogP contribution is -2.56. The molecule has 0 aromatic carbocycles. The summed E-state index contributed by atoms with van der Waals surface area (Å²) in [5.41, 5.74) is -0.904. The summed E-state index contributed by atoms with van der Waals surface area (Å²) in [5.74, 6) is -0.799. The van der Waals surface area contributed by atoms with Gasteiger partial charge < -0.3 is 9.84 Å². The zero-order chi connectivity index (χ0) is 13.3. The van der Waals surface area contributed by atoms with Crippen molar-refractivity contribution in [2.24, 2.45) is 0 Å². The van der Waals surface area contributed by atoms with Gasteiger partial charge in [-0.15, -0.1) is 0 Å². The van der Waals surface area contributed by atoms with Crippen molar-refractivity contribution in [2.45, 2.75) is 52.0 Å². The number of ether oxygens (including phenoxy) is 1. The molecular formula is C13H27NO3. The highest BCUT2D eigenvalue weighted by Gasteiger charge is 2.39. The summed E-state index contributed by atoms with van der Waals surface area (Å²) in [7, 11) is 1.55. The molecule has 102 valence electrons. The van der Waals surface area contributed by atoms with Gasteiger partial charge in [-0.2, -0.15) is 0 Å². The fourth-order valence-corrected chi connectivity index (χ4v) is 1.87. The van der Waals surface area contributed by atoms with Crippen LogP contribution in [-0.2, 0) is 9.53 Å². The van der Waals surface area contributed by atoms with Crippen LogP contribution in [-0.4, -0.2) is 48.3 Å². The summed E-state index contributed by atoms with van der Waals surface area (Å²) < 4.78 is 5.09. The number of carboxylic acids is 1. The molecule has 0 saturated carbocycles. The molecule has 0 aromatic rings. The molecule has 0 saturated heterocycles. The first kappa shape index (κ1) is 16.4. The number of carbonyl (C=O) groups is 1. The molecule has 0 heterocycles. The van der Waals surface area contributed by atoms with Crippen LogP contribution in [0.2, 0.25) is 0 Å². The molecular weight excluding hydrogens is 218 g/mol. The Balaban J connectivity index is 4.72. The molecule has 1 atom stereocenters. The van der Waals surface area contributed by atoms with Crippen molar-refractivity contribution in [3.8, 4) is 0 Å². The Hall–Kier alpha value is -0.610. The molecule has 17 heavy (non-hydrogen) atoms. The van der Waals surface area contributed by atoms with Gasteiger partial charge in [0.05, 0.1) is 6.61 Å². The summed E-state index contributed by atoms with van der Waals surface area (Å²) in [4.78, 5) is 13.5. The van der Waals surface area contributed by atoms with Crippen LogP contribution < -0.4 is 0 Å². The van der Waals surface area contributed by atoms with Crippen molar-refractivity contribution >= 4 is 5.97 Å². The zero-order valence-electron chi connectivity index (χ0n) is 11.7. The predicted molar refractivity (Wildman–Crippen MR) is 69.3 cm³/mol. The Labute approximate surface area is 105 Å². The van der Waals surface area contributed by atoms with E-state index in [4.69, 9.17) is 4.74 Å². The maximum absolute atomic E-state index is 11.5. The van der Waals surface area contributed by atoms with Gasteiger partial charge in [-0.3, -0.25) is 9.69 Å². The molecule has 0 spiro atoms. The van der Waals surface area contributed by atoms with Crippen molar-refractivity contribution in [3.05, 3.63) is 0 Å². The van der Waals surface area contributed by atoms with Gasteiger partial charge in [0.1, 0.15) is 5.54 Å². The average Bonchev–Trinajstić information content (AvgIpc) is 2.29. The molecule has 4 nitrogen and oxygen atoms in total. The van der Waals surface area contributed by atoms with Gasteiger partial charge in [0.25, 0.3) is 0 Å². The normalized spacial score (nSPS) is 14.9. The van der Waals surface area contributed by atoms with E-state index in [0.29, 0.717) is 0 Å². The van der Waals surface area contributed by atoms with Gasteiger partial charge in [0.2, 0.25) is 0 Å². The van der Waals surface area contributed by atoms with Crippen molar-refractivity contribution < 1.29 is 14.6 Å². The van der Waals surface area contributed by atoms with Gasteiger partial charge in [-0.25, -0.2) is 0 Å². The zero-order valence-corrected chi connectivity index (χ0v) is 11.7. The minimum absolute atomic E-state index is 0.232. The van der Waals surface area contributed by atoms with E-state index in [-0.39, 0.29) is 6.61 Å². The third-order valence-corrected chi connectivity index (χ3v) is 3.15. The average molecular weight is 245 g/mol. The van der Waals surface area contributed by atoms with Crippen molar-refractivity contribution in [3.63, 3.8) is 0 Å². The number of hydrogen-bond acceptors (Lipinski definition) is 3. The highest BCUT2D eigenvalue weighted by Crippen LogP contribution is 2.18. The van der Waals surface area contributed by atoms with E-state index in [9.17, 15) is 9.90 Å². The lowest BCUT2D eigenvalue weighted by Gasteiger charge is -2.37. The van der Waals surface area contributed by atoms with Crippen molar-refractivity contribution in [1.29, 1.82) is 0 Å². The number of hydrogen-bond donors (Lipinski definition) is 1. The fourth-order valence-electron chi connectivity index (χ4n) is 1.87. The lowest BCUT2D eigenvalue weighted by atomic mass is 10.00. The number of rotatable bonds is 10. The minimum Gasteiger partial charge on any atom is -0.480 e. The van der Waals surface area contributed by atoms with Gasteiger partial charge in [-0.05, 0) is 32.9 Å². The van der Waals surface area contributed by atoms with Crippen molar-refractivity contribution in [2.75, 3.05) is 26.8 Å². The van der Waals surface area contributed by atoms with Gasteiger partial charge in [0.15, 0.2) is 0 Å². The Morgan fingerprint density at radius 2 is 1.71 bits per heavy atom. The second-order valence-corrected chi connectivity index (χ2v) is 4.71. The van der Waals surface area contributed by atoms with E-state index in [1.807, 2.05) is 4.90 Å². The molecule has 0 radical (unpaired) electrons. The van der Waals surface area contributed by atoms with Crippen LogP contribution in [0.15, 0.2) is 0 Å². The van der Waals surface area contributed by atoms with E-state index in [1.165, 1.54) is 0 Å². The molecule has 0 aromatic heterocycles. The maximum Gasteiger partial charge on any atom is 0.326 e. The topological polar surface area (TPSA) is 49.8 Å². The van der Waals surface area contributed by atoms with Crippen LogP contribution >= 0.6 is 0 Å². The molecule has 0 amide bonds. The molecule has 0 rings (SSSR count). The van der Waals surface area contributed by atoms with Gasteiger partial charge in [-0.1, -0.05) is 26.7 Å². The molecule has 1 unspecified atom stereocenters. The number of aliphatic carboxylic acids is 1. The van der Waals surface area contributed by atoms with E-state index < -0.39 is 11.5 Å². The molecule has 1 N–H and O–H groups in total. The van der Waals surface area contributed by atoms with Crippen LogP contribution in [0, 0.1) is 0 Å². The number of carboxylic acid groups (broad SMARTS) is 1. The molecule has 0 fully saturated rings. The third kappa shape index (κ3) is 5.04. The molecule has 0 aliphatic rings. The molecule has 0 bridgehead atoms. The first-order valence-electron chi connectivity index (χ1n) is 6.50. The van der Waals surface area contributed by atoms with E-state index >= 15 is 0 Å². The second kappa shape index (κ2) is 8.48. The third-order valence-electron chi connectivity index (χ3n) is 3.15. The van der Waals surface area contributed by atoms with E-state index in [2.05, 4.69) is 13.8 Å². The number of methoxy groups -OCH3 is 1. The lowest BCUT2D eigenvalue weighted by molar-refractivity contribution is -0.154. The van der Waals surface area contributed by atoms with Crippen LogP contribution in [0.1, 0.15) is 46.5 Å². The minimum atomic E-state index is -0.904. The van der Waals surface area contributed by atoms with E-state index in [1.54, 1.807) is 14.0 Å². The smallest absolute Gasteiger partial charge is 0.326 e. The summed E-state index contributed by atoms with van der Waals surface area (Å²) in [6, 6.07) is 0. The highest BCUT2D eigenvalue weighted by molar-refractivity contribution is 5.78. The molecule has 0 aliphatic heterocycles. The SMILES string of the molecule is CCCCN(CCCC)C(C)(COC)C(=O)O. The monoisotopic (exact) mass is 245 g/mol. The number of unbranched alkanes of at least 4 members (excludes halogenated alkanes) is 2. The maximum atomic E-state index is 11.5. The quantitative estimate of drug-likeness (QED) is 0.642. The first-order valence-corrected chi connectivity index (χ1v) is 6.50. The van der Waals surface area contributed by atoms with Crippen LogP contribution in [0.25, 0.3) is 0 Å². The van der Waals surface area contributed by atoms with Crippen LogP contribution in [0.5, 0.6) is 0 Å². The summed E-state index contributed by atoms with van der Waals surface area (Å²) in [6.45, 7) is 7.87. The summed E-state index contributed by atoms with van der Waals surface area (Å²) in [6.07, 6.45) is 4.20. The first-order chi connectivity index (χ1) is 8.02. The summed E-state index contributed by atoms with van der Waals surface area (Å²) in [5, 5.41) is 9.41. The van der Waals surface area contributed by atoms with E-state index in [0.717, 1.165) is 38.8 Å². The Bertz CT molecular complexity index is 213. The molecule has 4 heteroatoms. The number of nitrogens with zero attached hydrogens (tertiary/aromatic N) is 1. The predicted octanol–water partition coefficient (Wildman–Crippen LogP) is 2.38. The van der Waals surface area contributed by atoms with Crippen LogP contribution in [0.4, 0.5) is 0 Å². The standard InChI is InChI=1S/C13H27NO3/c1-5-7-9-14(10-8-6-2)13(3,11-17-4)12(15)16/h5-11H2,1-4H3,(H,15,16). The Morgan fingerprint density at radius 1 is 1.24 bits per heavy atom. The Morgan fingerprint density at radius 3 is 2.00 bits per heavy atom. The van der Waals surface area contributed by atoms with Gasteiger partial charge in [0, 0.05) is 7.11 Å². The Kier molecular flexibility index (Phi) is 8.17. The highest BCUT2D eigenvalue weighted by atomic mass is 16.5. The van der Waals surface area contributed by atoms with Crippen LogP contribution in [0.3, 0.4) is 0 Å².